The van der Waals surface area contributed by atoms with E-state index in [2.05, 4.69) is 6.58 Å². The molecule has 136 valence electrons. The minimum absolute atomic E-state index is 0.280. The number of piperidine rings is 1. The van der Waals surface area contributed by atoms with E-state index in [4.69, 9.17) is 4.74 Å². The summed E-state index contributed by atoms with van der Waals surface area (Å²) in [5, 5.41) is 11.3. The molecule has 0 radical (unpaired) electrons. The molecule has 1 heterocycles. The Morgan fingerprint density at radius 1 is 1.32 bits per heavy atom. The highest BCUT2D eigenvalue weighted by molar-refractivity contribution is 7.89. The van der Waals surface area contributed by atoms with Crippen LogP contribution in [0, 0.1) is 15.5 Å². The lowest BCUT2D eigenvalue weighted by molar-refractivity contribution is -0.387. The van der Waals surface area contributed by atoms with Gasteiger partial charge in [0.1, 0.15) is 6.23 Å². The lowest BCUT2D eigenvalue weighted by Gasteiger charge is -2.47. The normalized spacial score (nSPS) is 27.7. The Labute approximate surface area is 147 Å². The van der Waals surface area contributed by atoms with Crippen LogP contribution in [0.1, 0.15) is 32.1 Å². The summed E-state index contributed by atoms with van der Waals surface area (Å²) in [5.41, 5.74) is 0.202. The Morgan fingerprint density at radius 3 is 2.60 bits per heavy atom. The van der Waals surface area contributed by atoms with Crippen LogP contribution in [0.5, 0.6) is 0 Å². The van der Waals surface area contributed by atoms with Gasteiger partial charge in [-0.2, -0.15) is 4.31 Å². The molecular formula is C17H22N2O5S. The van der Waals surface area contributed by atoms with Gasteiger partial charge in [-0.3, -0.25) is 10.1 Å². The lowest BCUT2D eigenvalue weighted by atomic mass is 9.75. The first kappa shape index (κ1) is 18.0. The first-order chi connectivity index (χ1) is 11.8. The van der Waals surface area contributed by atoms with Gasteiger partial charge < -0.3 is 4.74 Å². The number of para-hydroxylation sites is 1. The monoisotopic (exact) mass is 366 g/mol. The first-order valence-corrected chi connectivity index (χ1v) is 9.75. The second kappa shape index (κ2) is 6.51. The van der Waals surface area contributed by atoms with Crippen molar-refractivity contribution in [3.05, 3.63) is 46.5 Å². The molecule has 1 aromatic rings. The molecule has 0 amide bonds. The Balaban J connectivity index is 2.08. The number of nitrogens with zero attached hydrogens (tertiary/aromatic N) is 2. The quantitative estimate of drug-likeness (QED) is 0.464. The van der Waals surface area contributed by atoms with Crippen molar-refractivity contribution < 1.29 is 18.1 Å². The van der Waals surface area contributed by atoms with Crippen LogP contribution in [0.15, 0.2) is 41.3 Å². The van der Waals surface area contributed by atoms with E-state index in [0.29, 0.717) is 6.42 Å². The van der Waals surface area contributed by atoms with Crippen LogP contribution < -0.4 is 0 Å². The van der Waals surface area contributed by atoms with E-state index < -0.39 is 32.3 Å². The fourth-order valence-corrected chi connectivity index (χ4v) is 6.07. The summed E-state index contributed by atoms with van der Waals surface area (Å²) in [6.45, 7) is 4.43. The zero-order valence-electron chi connectivity index (χ0n) is 14.2. The molecule has 1 unspecified atom stereocenters. The summed E-state index contributed by atoms with van der Waals surface area (Å²) in [4.78, 5) is 10.3. The maximum atomic E-state index is 13.2. The van der Waals surface area contributed by atoms with Gasteiger partial charge >= 0.3 is 0 Å². The van der Waals surface area contributed by atoms with E-state index in [1.807, 2.05) is 0 Å². The summed E-state index contributed by atoms with van der Waals surface area (Å²) in [5.74, 6) is 0. The van der Waals surface area contributed by atoms with Crippen molar-refractivity contribution in [2.45, 2.75) is 43.2 Å². The van der Waals surface area contributed by atoms with Crippen molar-refractivity contribution in [1.82, 2.24) is 4.31 Å². The topological polar surface area (TPSA) is 89.8 Å². The van der Waals surface area contributed by atoms with Crippen LogP contribution in [-0.2, 0) is 14.8 Å². The van der Waals surface area contributed by atoms with E-state index in [1.54, 1.807) is 0 Å². The number of methoxy groups -OCH3 is 1. The third-order valence-electron chi connectivity index (χ3n) is 5.41. The standard InChI is InChI=1S/C17H22N2O5S/c1-13-7-5-10-17(13)11-6-12-18(16(17)24-2)25(22,23)15-9-4-3-8-14(15)19(20)21/h3-4,8-9,16H,1,5-7,10-12H2,2H3/t16?,17-/m0/s1. The fraction of sp³-hybridized carbons (Fsp3) is 0.529. The molecule has 1 spiro atoms. The van der Waals surface area contributed by atoms with Crippen molar-refractivity contribution in [3.63, 3.8) is 0 Å². The summed E-state index contributed by atoms with van der Waals surface area (Å²) in [6.07, 6.45) is 3.47. The molecule has 25 heavy (non-hydrogen) atoms. The number of nitro benzene ring substituents is 1. The zero-order valence-corrected chi connectivity index (χ0v) is 15.0. The van der Waals surface area contributed by atoms with E-state index in [1.165, 1.54) is 35.7 Å². The maximum absolute atomic E-state index is 13.2. The fourth-order valence-electron chi connectivity index (χ4n) is 4.25. The predicted molar refractivity (Wildman–Crippen MR) is 92.4 cm³/mol. The maximum Gasteiger partial charge on any atom is 0.289 e. The second-order valence-electron chi connectivity index (χ2n) is 6.65. The molecule has 3 rings (SSSR count). The number of rotatable bonds is 4. The van der Waals surface area contributed by atoms with Crippen LogP contribution in [0.4, 0.5) is 5.69 Å². The lowest BCUT2D eigenvalue weighted by Crippen LogP contribution is -2.55. The Kier molecular flexibility index (Phi) is 4.70. The van der Waals surface area contributed by atoms with Gasteiger partial charge in [-0.1, -0.05) is 24.3 Å². The second-order valence-corrected chi connectivity index (χ2v) is 8.50. The summed E-state index contributed by atoms with van der Waals surface area (Å²) < 4.78 is 33.4. The van der Waals surface area contributed by atoms with Crippen molar-refractivity contribution >= 4 is 15.7 Å². The molecule has 2 atom stereocenters. The molecule has 1 aliphatic heterocycles. The highest BCUT2D eigenvalue weighted by Crippen LogP contribution is 2.53. The molecule has 1 saturated carbocycles. The molecule has 0 aromatic heterocycles. The first-order valence-electron chi connectivity index (χ1n) is 8.31. The van der Waals surface area contributed by atoms with Crippen molar-refractivity contribution in [2.24, 2.45) is 5.41 Å². The largest absolute Gasteiger partial charge is 0.364 e. The van der Waals surface area contributed by atoms with Gasteiger partial charge in [-0.25, -0.2) is 8.42 Å². The van der Waals surface area contributed by atoms with Crippen molar-refractivity contribution in [3.8, 4) is 0 Å². The van der Waals surface area contributed by atoms with Crippen LogP contribution in [0.2, 0.25) is 0 Å². The van der Waals surface area contributed by atoms with Gasteiger partial charge in [0.25, 0.3) is 15.7 Å². The minimum Gasteiger partial charge on any atom is -0.364 e. The van der Waals surface area contributed by atoms with Crippen LogP contribution in [-0.4, -0.2) is 37.5 Å². The predicted octanol–water partition coefficient (Wildman–Crippen LogP) is 3.08. The molecule has 1 aromatic carbocycles. The molecular weight excluding hydrogens is 344 g/mol. The van der Waals surface area contributed by atoms with Gasteiger partial charge in [0, 0.05) is 25.1 Å². The molecule has 7 nitrogen and oxygen atoms in total. The number of sulfonamides is 1. The third-order valence-corrected chi connectivity index (χ3v) is 7.31. The Hall–Kier alpha value is -1.77. The van der Waals surface area contributed by atoms with Crippen LogP contribution in [0.25, 0.3) is 0 Å². The average Bonchev–Trinajstić information content (AvgIpc) is 2.95. The summed E-state index contributed by atoms with van der Waals surface area (Å²) in [6, 6.07) is 5.45. The smallest absolute Gasteiger partial charge is 0.289 e. The van der Waals surface area contributed by atoms with Crippen LogP contribution in [0.3, 0.4) is 0 Å². The molecule has 1 aliphatic carbocycles. The SMILES string of the molecule is C=C1CCC[C@]12CCCN(S(=O)(=O)c1ccccc1[N+](=O)[O-])C2OC. The minimum atomic E-state index is -4.06. The third kappa shape index (κ3) is 2.78. The number of hydrogen-bond donors (Lipinski definition) is 0. The van der Waals surface area contributed by atoms with Gasteiger partial charge in [0.2, 0.25) is 0 Å². The van der Waals surface area contributed by atoms with Crippen molar-refractivity contribution in [2.75, 3.05) is 13.7 Å². The number of ether oxygens (including phenoxy) is 1. The van der Waals surface area contributed by atoms with Gasteiger partial charge in [-0.15, -0.1) is 0 Å². The molecule has 2 aliphatic rings. The van der Waals surface area contributed by atoms with Crippen LogP contribution >= 0.6 is 0 Å². The van der Waals surface area contributed by atoms with Gasteiger partial charge in [0.05, 0.1) is 4.92 Å². The van der Waals surface area contributed by atoms with Gasteiger partial charge in [0.15, 0.2) is 4.90 Å². The van der Waals surface area contributed by atoms with E-state index in [-0.39, 0.29) is 11.4 Å². The Bertz CT molecular complexity index is 807. The zero-order chi connectivity index (χ0) is 18.2. The molecule has 2 fully saturated rings. The highest BCUT2D eigenvalue weighted by atomic mass is 32.2. The van der Waals surface area contributed by atoms with Gasteiger partial charge in [-0.05, 0) is 38.2 Å². The van der Waals surface area contributed by atoms with E-state index in [0.717, 1.165) is 31.3 Å². The molecule has 0 N–H and O–H groups in total. The Morgan fingerprint density at radius 2 is 2.00 bits per heavy atom. The van der Waals surface area contributed by atoms with E-state index in [9.17, 15) is 18.5 Å². The summed E-state index contributed by atoms with van der Waals surface area (Å²) in [7, 11) is -2.57. The highest BCUT2D eigenvalue weighted by Gasteiger charge is 2.52. The number of nitro groups is 1. The molecule has 0 bridgehead atoms. The van der Waals surface area contributed by atoms with E-state index >= 15 is 0 Å². The molecule has 1 saturated heterocycles. The average molecular weight is 366 g/mol. The number of hydrogen-bond acceptors (Lipinski definition) is 5. The number of benzene rings is 1. The van der Waals surface area contributed by atoms with Crippen molar-refractivity contribution in [1.29, 1.82) is 0 Å². The summed E-state index contributed by atoms with van der Waals surface area (Å²) >= 11 is 0. The molecule has 8 heteroatoms.